The number of amides is 2. The number of piperidine rings is 1. The first-order chi connectivity index (χ1) is 13.3. The molecule has 0 saturated carbocycles. The number of aromatic nitrogens is 2. The second-order valence-corrected chi connectivity index (χ2v) is 6.69. The van der Waals surface area contributed by atoms with E-state index in [-0.39, 0.29) is 18.2 Å². The van der Waals surface area contributed by atoms with Crippen LogP contribution in [0.15, 0.2) is 42.7 Å². The molecular weight excluding hydrogens is 346 g/mol. The maximum Gasteiger partial charge on any atom is 0.315 e. The van der Waals surface area contributed by atoms with Gasteiger partial charge in [-0.15, -0.1) is 0 Å². The maximum absolute atomic E-state index is 12.3. The van der Waals surface area contributed by atoms with E-state index in [1.165, 1.54) is 0 Å². The lowest BCUT2D eigenvalue weighted by molar-refractivity contribution is 0.0917. The van der Waals surface area contributed by atoms with Crippen molar-refractivity contribution in [3.05, 3.63) is 42.7 Å². The Morgan fingerprint density at radius 2 is 2.00 bits per heavy atom. The Morgan fingerprint density at radius 1 is 1.19 bits per heavy atom. The Kier molecular flexibility index (Phi) is 5.22. The molecule has 0 unspecified atom stereocenters. The molecule has 0 bridgehead atoms. The summed E-state index contributed by atoms with van der Waals surface area (Å²) in [6.45, 7) is 2.41. The summed E-state index contributed by atoms with van der Waals surface area (Å²) in [4.78, 5) is 23.0. The molecule has 0 aliphatic carbocycles. The van der Waals surface area contributed by atoms with E-state index in [9.17, 15) is 4.79 Å². The van der Waals surface area contributed by atoms with Crippen LogP contribution in [0.1, 0.15) is 12.8 Å². The number of fused-ring (bicyclic) bond motifs is 1. The third kappa shape index (κ3) is 4.39. The first-order valence-corrected chi connectivity index (χ1v) is 9.23. The second kappa shape index (κ2) is 8.11. The Labute approximate surface area is 157 Å². The van der Waals surface area contributed by atoms with Gasteiger partial charge in [0.2, 0.25) is 5.95 Å². The zero-order chi connectivity index (χ0) is 18.5. The number of nitrogens with zero attached hydrogens (tertiary/aromatic N) is 3. The minimum Gasteiger partial charge on any atom is -0.486 e. The van der Waals surface area contributed by atoms with Gasteiger partial charge in [0.15, 0.2) is 17.6 Å². The first-order valence-electron chi connectivity index (χ1n) is 9.23. The fourth-order valence-corrected chi connectivity index (χ4v) is 3.34. The molecule has 2 aliphatic heterocycles. The number of hydrogen-bond donors (Lipinski definition) is 2. The Morgan fingerprint density at radius 3 is 2.85 bits per heavy atom. The van der Waals surface area contributed by atoms with Crippen LogP contribution in [-0.2, 0) is 0 Å². The number of anilines is 1. The van der Waals surface area contributed by atoms with Crippen molar-refractivity contribution in [1.82, 2.24) is 20.6 Å². The van der Waals surface area contributed by atoms with E-state index in [4.69, 9.17) is 9.47 Å². The van der Waals surface area contributed by atoms with Crippen LogP contribution in [0.2, 0.25) is 0 Å². The van der Waals surface area contributed by atoms with Gasteiger partial charge in [-0.05, 0) is 31.0 Å². The van der Waals surface area contributed by atoms with Crippen molar-refractivity contribution >= 4 is 12.0 Å². The molecule has 2 amide bonds. The van der Waals surface area contributed by atoms with Crippen LogP contribution < -0.4 is 25.0 Å². The number of benzene rings is 1. The van der Waals surface area contributed by atoms with Gasteiger partial charge in [0.1, 0.15) is 6.61 Å². The molecule has 2 N–H and O–H groups in total. The van der Waals surface area contributed by atoms with Crippen LogP contribution >= 0.6 is 0 Å². The molecule has 3 heterocycles. The van der Waals surface area contributed by atoms with E-state index in [0.29, 0.717) is 31.4 Å². The minimum absolute atomic E-state index is 0.0619. The number of hydrogen-bond acceptors (Lipinski definition) is 6. The van der Waals surface area contributed by atoms with E-state index in [1.54, 1.807) is 18.5 Å². The molecule has 0 spiro atoms. The molecule has 27 heavy (non-hydrogen) atoms. The molecule has 0 radical (unpaired) electrons. The number of para-hydroxylation sites is 2. The van der Waals surface area contributed by atoms with E-state index in [2.05, 4.69) is 25.5 Å². The van der Waals surface area contributed by atoms with Crippen LogP contribution in [-0.4, -0.2) is 54.4 Å². The Hall–Kier alpha value is -3.03. The molecule has 1 fully saturated rings. The summed E-state index contributed by atoms with van der Waals surface area (Å²) >= 11 is 0. The number of carbonyl (C=O) groups is 1. The van der Waals surface area contributed by atoms with Gasteiger partial charge in [-0.1, -0.05) is 12.1 Å². The summed E-state index contributed by atoms with van der Waals surface area (Å²) in [5.74, 6) is 2.15. The number of rotatable bonds is 4. The van der Waals surface area contributed by atoms with Crippen LogP contribution in [0, 0.1) is 0 Å². The van der Waals surface area contributed by atoms with Crippen molar-refractivity contribution < 1.29 is 14.3 Å². The van der Waals surface area contributed by atoms with Gasteiger partial charge in [0.05, 0.1) is 6.54 Å². The molecule has 2 aliphatic rings. The molecule has 4 rings (SSSR count). The van der Waals surface area contributed by atoms with Gasteiger partial charge in [0, 0.05) is 31.5 Å². The second-order valence-electron chi connectivity index (χ2n) is 6.69. The van der Waals surface area contributed by atoms with Gasteiger partial charge in [-0.3, -0.25) is 0 Å². The zero-order valence-corrected chi connectivity index (χ0v) is 15.0. The third-order valence-corrected chi connectivity index (χ3v) is 4.65. The summed E-state index contributed by atoms with van der Waals surface area (Å²) in [5.41, 5.74) is 0. The molecule has 1 aromatic heterocycles. The highest BCUT2D eigenvalue weighted by Crippen LogP contribution is 2.30. The predicted octanol–water partition coefficient (Wildman–Crippen LogP) is 1.58. The molecule has 2 atom stereocenters. The number of carbonyl (C=O) groups excluding carboxylic acids is 1. The SMILES string of the molecule is O=C(NC[C@@H]1COc2ccccc2O1)N[C@H]1CCCN(c2ncccn2)C1. The Balaban J connectivity index is 1.24. The Bertz CT molecular complexity index is 773. The van der Waals surface area contributed by atoms with Crippen molar-refractivity contribution in [2.45, 2.75) is 25.0 Å². The normalized spacial score (nSPS) is 21.4. The number of urea groups is 1. The number of ether oxygens (including phenoxy) is 2. The third-order valence-electron chi connectivity index (χ3n) is 4.65. The largest absolute Gasteiger partial charge is 0.486 e. The smallest absolute Gasteiger partial charge is 0.315 e. The van der Waals surface area contributed by atoms with Gasteiger partial charge in [0.25, 0.3) is 0 Å². The molecule has 8 heteroatoms. The quantitative estimate of drug-likeness (QED) is 0.851. The van der Waals surface area contributed by atoms with Crippen molar-refractivity contribution in [1.29, 1.82) is 0 Å². The highest BCUT2D eigenvalue weighted by molar-refractivity contribution is 5.74. The average Bonchev–Trinajstić information content (AvgIpc) is 2.73. The minimum atomic E-state index is -0.203. The number of nitrogens with one attached hydrogen (secondary N) is 2. The predicted molar refractivity (Wildman–Crippen MR) is 100 cm³/mol. The van der Waals surface area contributed by atoms with Crippen LogP contribution in [0.5, 0.6) is 11.5 Å². The van der Waals surface area contributed by atoms with Crippen molar-refractivity contribution in [2.24, 2.45) is 0 Å². The zero-order valence-electron chi connectivity index (χ0n) is 15.0. The summed E-state index contributed by atoms with van der Waals surface area (Å²) in [6.07, 6.45) is 5.19. The lowest BCUT2D eigenvalue weighted by Crippen LogP contribution is -2.52. The summed E-state index contributed by atoms with van der Waals surface area (Å²) in [5, 5.41) is 5.91. The van der Waals surface area contributed by atoms with Crippen molar-refractivity contribution in [3.63, 3.8) is 0 Å². The topological polar surface area (TPSA) is 88.6 Å². The van der Waals surface area contributed by atoms with Gasteiger partial charge < -0.3 is 25.0 Å². The lowest BCUT2D eigenvalue weighted by Gasteiger charge is -2.33. The standard InChI is InChI=1S/C19H23N5O3/c25-19(22-11-15-13-26-16-6-1-2-7-17(16)27-15)23-14-5-3-10-24(12-14)18-20-8-4-9-21-18/h1-2,4,6-9,14-15H,3,5,10-13H2,(H2,22,23,25)/t14-,15+/m0/s1. The summed E-state index contributed by atoms with van der Waals surface area (Å²) in [7, 11) is 0. The fraction of sp³-hybridized carbons (Fsp3) is 0.421. The van der Waals surface area contributed by atoms with Crippen LogP contribution in [0.25, 0.3) is 0 Å². The molecule has 8 nitrogen and oxygen atoms in total. The summed E-state index contributed by atoms with van der Waals surface area (Å²) < 4.78 is 11.5. The highest BCUT2D eigenvalue weighted by atomic mass is 16.6. The molecule has 142 valence electrons. The van der Waals surface area contributed by atoms with Gasteiger partial charge in [-0.2, -0.15) is 0 Å². The molecule has 1 aromatic carbocycles. The van der Waals surface area contributed by atoms with Crippen molar-refractivity contribution in [2.75, 3.05) is 31.1 Å². The summed E-state index contributed by atoms with van der Waals surface area (Å²) in [6, 6.07) is 9.20. The average molecular weight is 369 g/mol. The molecular formula is C19H23N5O3. The molecule has 2 aromatic rings. The monoisotopic (exact) mass is 369 g/mol. The van der Waals surface area contributed by atoms with E-state index in [1.807, 2.05) is 24.3 Å². The fourth-order valence-electron chi connectivity index (χ4n) is 3.34. The van der Waals surface area contributed by atoms with Gasteiger partial charge >= 0.3 is 6.03 Å². The molecule has 1 saturated heterocycles. The van der Waals surface area contributed by atoms with E-state index < -0.39 is 0 Å². The highest BCUT2D eigenvalue weighted by Gasteiger charge is 2.24. The lowest BCUT2D eigenvalue weighted by atomic mass is 10.1. The first kappa shape index (κ1) is 17.4. The van der Waals surface area contributed by atoms with Gasteiger partial charge in [-0.25, -0.2) is 14.8 Å². The van der Waals surface area contributed by atoms with Crippen LogP contribution in [0.4, 0.5) is 10.7 Å². The van der Waals surface area contributed by atoms with E-state index >= 15 is 0 Å². The van der Waals surface area contributed by atoms with Crippen LogP contribution in [0.3, 0.4) is 0 Å². The maximum atomic E-state index is 12.3. The van der Waals surface area contributed by atoms with Crippen molar-refractivity contribution in [3.8, 4) is 11.5 Å². The van der Waals surface area contributed by atoms with E-state index in [0.717, 1.165) is 25.1 Å².